The Labute approximate surface area is 120 Å². The van der Waals surface area contributed by atoms with Gasteiger partial charge in [-0.3, -0.25) is 0 Å². The third-order valence-electron chi connectivity index (χ3n) is 3.29. The van der Waals surface area contributed by atoms with Crippen molar-refractivity contribution >= 4 is 0 Å². The zero-order chi connectivity index (χ0) is 11.8. The number of hydrogen-bond donors (Lipinski definition) is 0. The molecule has 96 valence electrons. The Morgan fingerprint density at radius 2 is 1.53 bits per heavy atom. The molecule has 0 aliphatic carbocycles. The lowest BCUT2D eigenvalue weighted by molar-refractivity contribution is -0.905. The van der Waals surface area contributed by atoms with Crippen LogP contribution in [0.25, 0.3) is 0 Å². The summed E-state index contributed by atoms with van der Waals surface area (Å²) < 4.78 is 11.7. The lowest BCUT2D eigenvalue weighted by Crippen LogP contribution is -3.00. The molecule has 4 heteroatoms. The van der Waals surface area contributed by atoms with Gasteiger partial charge in [-0.15, -0.1) is 0 Å². The Balaban J connectivity index is 0.00000144. The second-order valence-electron chi connectivity index (χ2n) is 5.04. The number of benzene rings is 1. The highest BCUT2D eigenvalue weighted by atomic mass is 127. The molecule has 0 saturated heterocycles. The van der Waals surface area contributed by atoms with Gasteiger partial charge in [-0.05, 0) is 17.7 Å². The highest BCUT2D eigenvalue weighted by Gasteiger charge is 2.25. The fourth-order valence-electron chi connectivity index (χ4n) is 2.31. The largest absolute Gasteiger partial charge is 1.00 e. The van der Waals surface area contributed by atoms with E-state index < -0.39 is 0 Å². The van der Waals surface area contributed by atoms with Gasteiger partial charge in [0.15, 0.2) is 11.5 Å². The Hall–Kier alpha value is -0.490. The van der Waals surface area contributed by atoms with E-state index in [1.807, 2.05) is 0 Å². The van der Waals surface area contributed by atoms with Gasteiger partial charge in [-0.2, -0.15) is 0 Å². The molecule has 1 heterocycles. The zero-order valence-corrected chi connectivity index (χ0v) is 13.1. The van der Waals surface area contributed by atoms with E-state index >= 15 is 0 Å². The third kappa shape index (κ3) is 3.04. The van der Waals surface area contributed by atoms with Gasteiger partial charge < -0.3 is 37.9 Å². The number of nitrogens with zero attached hydrogens (tertiary/aromatic N) is 1. The second kappa shape index (κ2) is 5.44. The van der Waals surface area contributed by atoms with Crippen LogP contribution in [0.2, 0.25) is 0 Å². The molecular formula is C13H20INO2. The summed E-state index contributed by atoms with van der Waals surface area (Å²) in [6.07, 6.45) is 1.11. The van der Waals surface area contributed by atoms with Crippen LogP contribution >= 0.6 is 0 Å². The van der Waals surface area contributed by atoms with Crippen LogP contribution in [-0.2, 0) is 13.0 Å². The number of fused-ring (bicyclic) bond motifs is 1. The quantitative estimate of drug-likeness (QED) is 0.496. The molecule has 17 heavy (non-hydrogen) atoms. The minimum Gasteiger partial charge on any atom is -1.00 e. The number of quaternary nitrogens is 1. The Morgan fingerprint density at radius 3 is 2.06 bits per heavy atom. The fourth-order valence-corrected chi connectivity index (χ4v) is 2.31. The summed E-state index contributed by atoms with van der Waals surface area (Å²) >= 11 is 0. The minimum atomic E-state index is 0. The van der Waals surface area contributed by atoms with Crippen molar-refractivity contribution in [2.75, 3.05) is 34.9 Å². The van der Waals surface area contributed by atoms with Crippen LogP contribution in [-0.4, -0.2) is 39.3 Å². The summed E-state index contributed by atoms with van der Waals surface area (Å²) in [7, 11) is 7.90. The van der Waals surface area contributed by atoms with E-state index in [-0.39, 0.29) is 24.0 Å². The van der Waals surface area contributed by atoms with Crippen LogP contribution in [0.4, 0.5) is 0 Å². The highest BCUT2D eigenvalue weighted by Crippen LogP contribution is 2.34. The maximum absolute atomic E-state index is 5.34. The number of hydrogen-bond acceptors (Lipinski definition) is 2. The summed E-state index contributed by atoms with van der Waals surface area (Å²) in [6.45, 7) is 2.25. The van der Waals surface area contributed by atoms with Crippen LogP contribution in [0.15, 0.2) is 12.1 Å². The van der Waals surface area contributed by atoms with Crippen molar-refractivity contribution in [3.05, 3.63) is 23.3 Å². The van der Waals surface area contributed by atoms with Crippen molar-refractivity contribution < 1.29 is 37.9 Å². The Kier molecular flexibility index (Phi) is 4.66. The van der Waals surface area contributed by atoms with Crippen molar-refractivity contribution in [1.29, 1.82) is 0 Å². The first-order chi connectivity index (χ1) is 7.55. The molecule has 1 aromatic rings. The molecule has 0 fully saturated rings. The summed E-state index contributed by atoms with van der Waals surface area (Å²) in [5.74, 6) is 1.68. The molecule has 0 bridgehead atoms. The topological polar surface area (TPSA) is 18.5 Å². The van der Waals surface area contributed by atoms with Gasteiger partial charge >= 0.3 is 0 Å². The third-order valence-corrected chi connectivity index (χ3v) is 3.29. The number of halogens is 1. The molecular weight excluding hydrogens is 329 g/mol. The number of rotatable bonds is 2. The number of methoxy groups -OCH3 is 2. The van der Waals surface area contributed by atoms with E-state index in [1.165, 1.54) is 17.7 Å². The first-order valence-electron chi connectivity index (χ1n) is 5.61. The summed E-state index contributed by atoms with van der Waals surface area (Å²) in [5, 5.41) is 0. The fraction of sp³-hybridized carbons (Fsp3) is 0.538. The normalized spacial score (nSPS) is 16.7. The number of likely N-dealkylation sites (N-methyl/N-ethyl adjacent to an activating group) is 1. The van der Waals surface area contributed by atoms with E-state index in [1.54, 1.807) is 14.2 Å². The molecule has 0 spiro atoms. The van der Waals surface area contributed by atoms with Crippen LogP contribution < -0.4 is 33.5 Å². The molecule has 0 unspecified atom stereocenters. The van der Waals surface area contributed by atoms with Gasteiger partial charge in [0.05, 0.1) is 34.9 Å². The van der Waals surface area contributed by atoms with Gasteiger partial charge in [-0.1, -0.05) is 0 Å². The highest BCUT2D eigenvalue weighted by molar-refractivity contribution is 5.47. The van der Waals surface area contributed by atoms with Gasteiger partial charge in [-0.25, -0.2) is 0 Å². The van der Waals surface area contributed by atoms with Crippen molar-refractivity contribution in [2.24, 2.45) is 0 Å². The molecule has 0 radical (unpaired) electrons. The predicted octanol–water partition coefficient (Wildman–Crippen LogP) is -1.16. The summed E-state index contributed by atoms with van der Waals surface area (Å²) in [5.41, 5.74) is 2.78. The molecule has 0 atom stereocenters. The van der Waals surface area contributed by atoms with Gasteiger partial charge in [0.25, 0.3) is 0 Å². The second-order valence-corrected chi connectivity index (χ2v) is 5.04. The molecule has 1 aromatic carbocycles. The van der Waals surface area contributed by atoms with Crippen LogP contribution in [0.3, 0.4) is 0 Å². The molecule has 2 rings (SSSR count). The van der Waals surface area contributed by atoms with E-state index in [2.05, 4.69) is 26.2 Å². The Bertz CT molecular complexity index is 405. The molecule has 1 aliphatic heterocycles. The SMILES string of the molecule is COc1cc2c(cc1OC)C[N+](C)(C)CC2.[I-]. The molecule has 3 nitrogen and oxygen atoms in total. The van der Waals surface area contributed by atoms with E-state index in [0.29, 0.717) is 0 Å². The van der Waals surface area contributed by atoms with Crippen molar-refractivity contribution in [3.63, 3.8) is 0 Å². The average molecular weight is 349 g/mol. The van der Waals surface area contributed by atoms with Crippen LogP contribution in [0.5, 0.6) is 11.5 Å². The Morgan fingerprint density at radius 1 is 1.00 bits per heavy atom. The van der Waals surface area contributed by atoms with Crippen molar-refractivity contribution in [2.45, 2.75) is 13.0 Å². The summed E-state index contributed by atoms with van der Waals surface area (Å²) in [4.78, 5) is 0. The molecule has 0 saturated carbocycles. The first kappa shape index (κ1) is 14.6. The smallest absolute Gasteiger partial charge is 0.161 e. The predicted molar refractivity (Wildman–Crippen MR) is 63.9 cm³/mol. The molecule has 0 aromatic heterocycles. The molecule has 0 amide bonds. The van der Waals surface area contributed by atoms with Crippen LogP contribution in [0, 0.1) is 0 Å². The molecule has 0 N–H and O–H groups in total. The monoisotopic (exact) mass is 349 g/mol. The summed E-state index contributed by atoms with van der Waals surface area (Å²) in [6, 6.07) is 4.24. The van der Waals surface area contributed by atoms with Gasteiger partial charge in [0.1, 0.15) is 6.54 Å². The van der Waals surface area contributed by atoms with E-state index in [4.69, 9.17) is 9.47 Å². The molecule has 1 aliphatic rings. The maximum Gasteiger partial charge on any atom is 0.161 e. The van der Waals surface area contributed by atoms with Crippen LogP contribution in [0.1, 0.15) is 11.1 Å². The standard InChI is InChI=1S/C13H20NO2.HI/c1-14(2)6-5-10-7-12(15-3)13(16-4)8-11(10)9-14;/h7-8H,5-6,9H2,1-4H3;1H/q+1;/p-1. The zero-order valence-electron chi connectivity index (χ0n) is 10.9. The van der Waals surface area contributed by atoms with E-state index in [9.17, 15) is 0 Å². The minimum absolute atomic E-state index is 0. The van der Waals surface area contributed by atoms with Gasteiger partial charge in [0, 0.05) is 12.0 Å². The lowest BCUT2D eigenvalue weighted by atomic mass is 9.98. The number of ether oxygens (including phenoxy) is 2. The van der Waals surface area contributed by atoms with Crippen molar-refractivity contribution in [1.82, 2.24) is 0 Å². The maximum atomic E-state index is 5.34. The lowest BCUT2D eigenvalue weighted by Gasteiger charge is -2.35. The van der Waals surface area contributed by atoms with Crippen molar-refractivity contribution in [3.8, 4) is 11.5 Å². The van der Waals surface area contributed by atoms with E-state index in [0.717, 1.165) is 28.9 Å². The average Bonchev–Trinajstić information content (AvgIpc) is 2.26. The first-order valence-corrected chi connectivity index (χ1v) is 5.61. The van der Waals surface area contributed by atoms with Gasteiger partial charge in [0.2, 0.25) is 0 Å².